The van der Waals surface area contributed by atoms with E-state index in [1.165, 1.54) is 46.4 Å². The van der Waals surface area contributed by atoms with E-state index >= 15 is 0 Å². The second kappa shape index (κ2) is 13.6. The fourth-order valence-electron chi connectivity index (χ4n) is 5.17. The van der Waals surface area contributed by atoms with Gasteiger partial charge >= 0.3 is 6.36 Å². The number of aliphatic imine (C=N–C) groups is 1. The van der Waals surface area contributed by atoms with Crippen molar-refractivity contribution in [2.24, 2.45) is 4.99 Å². The van der Waals surface area contributed by atoms with Gasteiger partial charge in [0.2, 0.25) is 6.35 Å². The minimum Gasteiger partial charge on any atom is -0.406 e. The molecule has 1 fully saturated rings. The van der Waals surface area contributed by atoms with Gasteiger partial charge in [0, 0.05) is 29.6 Å². The van der Waals surface area contributed by atoms with Gasteiger partial charge in [-0.2, -0.15) is 0 Å². The van der Waals surface area contributed by atoms with E-state index in [4.69, 9.17) is 0 Å². The van der Waals surface area contributed by atoms with Gasteiger partial charge in [-0.3, -0.25) is 5.32 Å². The van der Waals surface area contributed by atoms with Gasteiger partial charge in [-0.15, -0.1) is 18.3 Å². The third kappa shape index (κ3) is 8.05. The summed E-state index contributed by atoms with van der Waals surface area (Å²) in [6, 6.07) is 19.7. The van der Waals surface area contributed by atoms with Crippen molar-refractivity contribution < 1.29 is 23.0 Å². The van der Waals surface area contributed by atoms with Crippen molar-refractivity contribution in [1.29, 1.82) is 0 Å². The first kappa shape index (κ1) is 32.5. The summed E-state index contributed by atoms with van der Waals surface area (Å²) >= 11 is 1.65. The molecule has 8 nitrogen and oxygen atoms in total. The molecular formula is C33H37F3N6O2S. The number of halogens is 3. The summed E-state index contributed by atoms with van der Waals surface area (Å²) in [5.74, 6) is 1.52. The van der Waals surface area contributed by atoms with E-state index < -0.39 is 12.7 Å². The van der Waals surface area contributed by atoms with E-state index in [0.29, 0.717) is 17.4 Å². The van der Waals surface area contributed by atoms with Crippen LogP contribution in [-0.4, -0.2) is 56.1 Å². The Morgan fingerprint density at radius 1 is 1.00 bits per heavy atom. The SMILES string of the molecule is Cc1ccc(C(C)C)c(N2CCS/C2=N\C(O)NC(C)C(C)c2ccc(-c3ncn(-c4ccc(OC(F)(F)F)cc4)n3)cc2)c1. The Bertz CT molecular complexity index is 1620. The van der Waals surface area contributed by atoms with Crippen LogP contribution in [0.25, 0.3) is 17.1 Å². The standard InChI is InChI=1S/C33H37F3N6O2S/c1-20(2)28-15-6-21(3)18-29(28)41-16-17-45-32(41)39-31(43)38-23(5)22(4)24-7-9-25(10-8-24)30-37-19-42(40-30)26-11-13-27(14-12-26)44-33(34,35)36/h6-15,18-20,22-23,31,38,43H,16-17H2,1-5H3/b39-32-. The Balaban J connectivity index is 1.22. The number of aromatic nitrogens is 3. The number of alkyl halides is 3. The number of benzene rings is 3. The zero-order chi connectivity index (χ0) is 32.3. The molecule has 1 saturated heterocycles. The van der Waals surface area contributed by atoms with Gasteiger partial charge < -0.3 is 14.7 Å². The molecule has 3 aromatic carbocycles. The topological polar surface area (TPSA) is 87.8 Å². The first-order valence-corrected chi connectivity index (χ1v) is 15.8. The maximum absolute atomic E-state index is 12.4. The Kier molecular flexibility index (Phi) is 9.85. The molecule has 1 aliphatic rings. The van der Waals surface area contributed by atoms with E-state index in [9.17, 15) is 18.3 Å². The van der Waals surface area contributed by atoms with Crippen LogP contribution in [0.5, 0.6) is 5.75 Å². The highest BCUT2D eigenvalue weighted by molar-refractivity contribution is 8.14. The Labute approximate surface area is 265 Å². The van der Waals surface area contributed by atoms with E-state index in [2.05, 4.69) is 75.9 Å². The van der Waals surface area contributed by atoms with Crippen LogP contribution in [0.4, 0.5) is 18.9 Å². The summed E-state index contributed by atoms with van der Waals surface area (Å²) in [6.07, 6.45) is -4.30. The molecule has 0 aliphatic carbocycles. The molecule has 0 amide bonds. The predicted molar refractivity (Wildman–Crippen MR) is 173 cm³/mol. The van der Waals surface area contributed by atoms with E-state index in [1.54, 1.807) is 11.8 Å². The molecule has 2 N–H and O–H groups in total. The predicted octanol–water partition coefficient (Wildman–Crippen LogP) is 7.23. The zero-order valence-electron chi connectivity index (χ0n) is 25.8. The number of thioether (sulfide) groups is 1. The van der Waals surface area contributed by atoms with E-state index in [-0.39, 0.29) is 17.7 Å². The summed E-state index contributed by atoms with van der Waals surface area (Å²) in [7, 11) is 0. The molecule has 12 heteroatoms. The molecule has 2 heterocycles. The highest BCUT2D eigenvalue weighted by Crippen LogP contribution is 2.34. The van der Waals surface area contributed by atoms with Crippen molar-refractivity contribution in [2.45, 2.75) is 65.2 Å². The second-order valence-electron chi connectivity index (χ2n) is 11.4. The summed E-state index contributed by atoms with van der Waals surface area (Å²) < 4.78 is 42.8. The number of hydrogen-bond donors (Lipinski definition) is 2. The van der Waals surface area contributed by atoms with Gasteiger partial charge in [-0.05, 0) is 72.7 Å². The quantitative estimate of drug-likeness (QED) is 0.177. The van der Waals surface area contributed by atoms with Crippen LogP contribution >= 0.6 is 11.8 Å². The number of anilines is 1. The lowest BCUT2D eigenvalue weighted by Crippen LogP contribution is -2.39. The third-order valence-corrected chi connectivity index (χ3v) is 8.76. The Hall–Kier alpha value is -3.87. The lowest BCUT2D eigenvalue weighted by molar-refractivity contribution is -0.274. The normalized spacial score (nSPS) is 16.8. The molecule has 0 radical (unpaired) electrons. The summed E-state index contributed by atoms with van der Waals surface area (Å²) in [5, 5.41) is 19.4. The minimum atomic E-state index is -4.75. The molecule has 3 unspecified atom stereocenters. The second-order valence-corrected chi connectivity index (χ2v) is 12.5. The molecule has 1 aliphatic heterocycles. The summed E-state index contributed by atoms with van der Waals surface area (Å²) in [5.41, 5.74) is 6.01. The average Bonchev–Trinajstić information content (AvgIpc) is 3.66. The fourth-order valence-corrected chi connectivity index (χ4v) is 6.15. The number of nitrogens with zero attached hydrogens (tertiary/aromatic N) is 5. The number of ether oxygens (including phenoxy) is 1. The van der Waals surface area contributed by atoms with Crippen molar-refractivity contribution in [1.82, 2.24) is 20.1 Å². The lowest BCUT2D eigenvalue weighted by atomic mass is 9.93. The molecule has 238 valence electrons. The van der Waals surface area contributed by atoms with Crippen molar-refractivity contribution >= 4 is 22.6 Å². The number of rotatable bonds is 10. The average molecular weight is 639 g/mol. The molecule has 5 rings (SSSR count). The first-order chi connectivity index (χ1) is 21.4. The largest absolute Gasteiger partial charge is 0.573 e. The first-order valence-electron chi connectivity index (χ1n) is 14.8. The maximum atomic E-state index is 12.4. The van der Waals surface area contributed by atoms with Gasteiger partial charge in [-0.1, -0.05) is 68.9 Å². The van der Waals surface area contributed by atoms with Gasteiger partial charge in [0.15, 0.2) is 11.0 Å². The number of aliphatic hydroxyl groups is 1. The molecule has 1 aromatic heterocycles. The van der Waals surface area contributed by atoms with Gasteiger partial charge in [-0.25, -0.2) is 14.7 Å². The van der Waals surface area contributed by atoms with Crippen LogP contribution in [0.2, 0.25) is 0 Å². The Morgan fingerprint density at radius 3 is 2.38 bits per heavy atom. The van der Waals surface area contributed by atoms with E-state index in [1.807, 2.05) is 31.2 Å². The molecule has 0 saturated carbocycles. The van der Waals surface area contributed by atoms with Crippen molar-refractivity contribution in [3.05, 3.63) is 89.7 Å². The van der Waals surface area contributed by atoms with Crippen LogP contribution in [0.3, 0.4) is 0 Å². The van der Waals surface area contributed by atoms with Crippen molar-refractivity contribution in [3.8, 4) is 22.8 Å². The summed E-state index contributed by atoms with van der Waals surface area (Å²) in [4.78, 5) is 11.2. The number of amidine groups is 1. The molecule has 45 heavy (non-hydrogen) atoms. The van der Waals surface area contributed by atoms with E-state index in [0.717, 1.165) is 34.3 Å². The highest BCUT2D eigenvalue weighted by atomic mass is 32.2. The van der Waals surface area contributed by atoms with Gasteiger partial charge in [0.05, 0.1) is 5.69 Å². The van der Waals surface area contributed by atoms with Gasteiger partial charge in [0.1, 0.15) is 12.1 Å². The van der Waals surface area contributed by atoms with Crippen LogP contribution < -0.4 is 15.0 Å². The van der Waals surface area contributed by atoms with Crippen LogP contribution in [0.15, 0.2) is 78.0 Å². The Morgan fingerprint density at radius 2 is 1.71 bits per heavy atom. The molecule has 3 atom stereocenters. The van der Waals surface area contributed by atoms with Crippen molar-refractivity contribution in [3.63, 3.8) is 0 Å². The minimum absolute atomic E-state index is 0.0634. The third-order valence-electron chi connectivity index (χ3n) is 7.79. The fraction of sp³-hybridized carbons (Fsp3) is 0.364. The number of nitrogens with one attached hydrogen (secondary N) is 1. The number of aryl methyl sites for hydroxylation is 1. The van der Waals surface area contributed by atoms with Crippen LogP contribution in [-0.2, 0) is 0 Å². The number of aliphatic hydroxyl groups excluding tert-OH is 1. The molecule has 0 spiro atoms. The van der Waals surface area contributed by atoms with Gasteiger partial charge in [0.25, 0.3) is 0 Å². The number of hydrogen-bond acceptors (Lipinski definition) is 7. The van der Waals surface area contributed by atoms with Crippen LogP contribution in [0, 0.1) is 6.92 Å². The maximum Gasteiger partial charge on any atom is 0.573 e. The van der Waals surface area contributed by atoms with Crippen LogP contribution in [0.1, 0.15) is 56.2 Å². The lowest BCUT2D eigenvalue weighted by Gasteiger charge is -2.26. The van der Waals surface area contributed by atoms with Crippen molar-refractivity contribution in [2.75, 3.05) is 17.2 Å². The smallest absolute Gasteiger partial charge is 0.406 e. The monoisotopic (exact) mass is 638 g/mol. The molecule has 0 bridgehead atoms. The highest BCUT2D eigenvalue weighted by Gasteiger charge is 2.31. The zero-order valence-corrected chi connectivity index (χ0v) is 26.6. The molecular weight excluding hydrogens is 601 g/mol. The molecule has 4 aromatic rings. The summed E-state index contributed by atoms with van der Waals surface area (Å²) in [6.45, 7) is 11.4.